The molecule has 4 rings (SSSR count). The number of fused-ring (bicyclic) bond motifs is 1. The first kappa shape index (κ1) is 17.8. The Labute approximate surface area is 169 Å². The maximum atomic E-state index is 12.4. The summed E-state index contributed by atoms with van der Waals surface area (Å²) in [6.07, 6.45) is 5.37. The van der Waals surface area contributed by atoms with E-state index in [1.807, 2.05) is 65.4 Å². The third-order valence-corrected chi connectivity index (χ3v) is 5.46. The number of thioether (sulfide) groups is 1. The van der Waals surface area contributed by atoms with Crippen LogP contribution in [0.3, 0.4) is 0 Å². The Morgan fingerprint density at radius 1 is 1.04 bits per heavy atom. The van der Waals surface area contributed by atoms with Gasteiger partial charge in [-0.05, 0) is 48.5 Å². The predicted molar refractivity (Wildman–Crippen MR) is 112 cm³/mol. The lowest BCUT2D eigenvalue weighted by atomic mass is 10.2. The standard InChI is InChI=1S/C20H15BrN4OS/c21-14-6-8-15(9-7-14)25-12-11-23-20(25)27-13-19(26)24-18-5-1-4-17-16(18)3-2-10-22-17/h1-12H,13H2,(H,24,26). The summed E-state index contributed by atoms with van der Waals surface area (Å²) in [4.78, 5) is 21.1. The molecule has 2 aromatic heterocycles. The molecular weight excluding hydrogens is 424 g/mol. The molecule has 27 heavy (non-hydrogen) atoms. The van der Waals surface area contributed by atoms with Crippen molar-refractivity contribution in [1.82, 2.24) is 14.5 Å². The van der Waals surface area contributed by atoms with Crippen LogP contribution in [-0.4, -0.2) is 26.2 Å². The van der Waals surface area contributed by atoms with Crippen molar-refractivity contribution in [3.05, 3.63) is 77.7 Å². The molecule has 0 fully saturated rings. The second-order valence-electron chi connectivity index (χ2n) is 5.77. The summed E-state index contributed by atoms with van der Waals surface area (Å²) < 4.78 is 2.98. The van der Waals surface area contributed by atoms with E-state index >= 15 is 0 Å². The van der Waals surface area contributed by atoms with Gasteiger partial charge in [-0.1, -0.05) is 33.8 Å². The van der Waals surface area contributed by atoms with E-state index in [2.05, 4.69) is 31.2 Å². The van der Waals surface area contributed by atoms with Crippen molar-refractivity contribution in [2.45, 2.75) is 5.16 Å². The Morgan fingerprint density at radius 2 is 1.89 bits per heavy atom. The van der Waals surface area contributed by atoms with Gasteiger partial charge in [0.25, 0.3) is 0 Å². The van der Waals surface area contributed by atoms with Gasteiger partial charge in [-0.2, -0.15) is 0 Å². The van der Waals surface area contributed by atoms with E-state index in [-0.39, 0.29) is 11.7 Å². The summed E-state index contributed by atoms with van der Waals surface area (Å²) in [5, 5.41) is 4.67. The molecule has 1 N–H and O–H groups in total. The molecule has 0 saturated heterocycles. The van der Waals surface area contributed by atoms with Crippen molar-refractivity contribution in [3.63, 3.8) is 0 Å². The van der Waals surface area contributed by atoms with Crippen molar-refractivity contribution >= 4 is 50.2 Å². The Morgan fingerprint density at radius 3 is 2.74 bits per heavy atom. The highest BCUT2D eigenvalue weighted by Crippen LogP contribution is 2.24. The van der Waals surface area contributed by atoms with E-state index in [9.17, 15) is 4.79 Å². The molecule has 2 heterocycles. The largest absolute Gasteiger partial charge is 0.325 e. The summed E-state index contributed by atoms with van der Waals surface area (Å²) >= 11 is 4.84. The molecule has 4 aromatic rings. The van der Waals surface area contributed by atoms with Crippen LogP contribution in [0.15, 0.2) is 82.8 Å². The van der Waals surface area contributed by atoms with Crippen LogP contribution in [0.25, 0.3) is 16.6 Å². The second-order valence-corrected chi connectivity index (χ2v) is 7.63. The first-order valence-electron chi connectivity index (χ1n) is 8.26. The minimum Gasteiger partial charge on any atom is -0.325 e. The minimum absolute atomic E-state index is 0.0818. The highest BCUT2D eigenvalue weighted by molar-refractivity contribution is 9.10. The van der Waals surface area contributed by atoms with Crippen molar-refractivity contribution in [2.24, 2.45) is 0 Å². The lowest BCUT2D eigenvalue weighted by Crippen LogP contribution is -2.14. The molecule has 134 valence electrons. The van der Waals surface area contributed by atoms with E-state index in [1.165, 1.54) is 11.8 Å². The third-order valence-electron chi connectivity index (χ3n) is 3.96. The lowest BCUT2D eigenvalue weighted by molar-refractivity contribution is -0.113. The molecule has 0 spiro atoms. The van der Waals surface area contributed by atoms with E-state index in [4.69, 9.17) is 0 Å². The van der Waals surface area contributed by atoms with Crippen LogP contribution in [0.1, 0.15) is 0 Å². The molecule has 7 heteroatoms. The molecule has 0 radical (unpaired) electrons. The zero-order valence-corrected chi connectivity index (χ0v) is 16.6. The molecule has 0 aliphatic rings. The average Bonchev–Trinajstić information content (AvgIpc) is 3.16. The summed E-state index contributed by atoms with van der Waals surface area (Å²) in [5.74, 6) is 0.186. The Kier molecular flexibility index (Phi) is 5.22. The molecule has 0 atom stereocenters. The summed E-state index contributed by atoms with van der Waals surface area (Å²) in [7, 11) is 0. The fourth-order valence-corrected chi connectivity index (χ4v) is 3.76. The number of carbonyl (C=O) groups excluding carboxylic acids is 1. The zero-order valence-electron chi connectivity index (χ0n) is 14.2. The van der Waals surface area contributed by atoms with Crippen LogP contribution in [0, 0.1) is 0 Å². The molecule has 0 unspecified atom stereocenters. The predicted octanol–water partition coefficient (Wildman–Crippen LogP) is 4.91. The van der Waals surface area contributed by atoms with Crippen LogP contribution in [0.5, 0.6) is 0 Å². The Balaban J connectivity index is 1.46. The van der Waals surface area contributed by atoms with E-state index in [1.54, 1.807) is 12.4 Å². The number of pyridine rings is 1. The molecule has 1 amide bonds. The minimum atomic E-state index is -0.0818. The first-order chi connectivity index (χ1) is 13.2. The number of nitrogens with one attached hydrogen (secondary N) is 1. The lowest BCUT2D eigenvalue weighted by Gasteiger charge is -2.09. The quantitative estimate of drug-likeness (QED) is 0.449. The fourth-order valence-electron chi connectivity index (χ4n) is 2.72. The van der Waals surface area contributed by atoms with E-state index in [0.29, 0.717) is 0 Å². The van der Waals surface area contributed by atoms with E-state index in [0.717, 1.165) is 31.9 Å². The SMILES string of the molecule is O=C(CSc1nccn1-c1ccc(Br)cc1)Nc1cccc2ncccc12. The number of anilines is 1. The van der Waals surface area contributed by atoms with Crippen LogP contribution < -0.4 is 5.32 Å². The molecule has 2 aromatic carbocycles. The highest BCUT2D eigenvalue weighted by atomic mass is 79.9. The van der Waals surface area contributed by atoms with Gasteiger partial charge in [-0.25, -0.2) is 4.98 Å². The van der Waals surface area contributed by atoms with Gasteiger partial charge in [0, 0.05) is 34.1 Å². The maximum absolute atomic E-state index is 12.4. The van der Waals surface area contributed by atoms with Crippen molar-refractivity contribution < 1.29 is 4.79 Å². The van der Waals surface area contributed by atoms with Gasteiger partial charge in [0.1, 0.15) is 0 Å². The van der Waals surface area contributed by atoms with Gasteiger partial charge in [0.05, 0.1) is 17.0 Å². The van der Waals surface area contributed by atoms with Crippen LogP contribution in [0.2, 0.25) is 0 Å². The van der Waals surface area contributed by atoms with Crippen molar-refractivity contribution in [2.75, 3.05) is 11.1 Å². The number of imidazole rings is 1. The number of benzene rings is 2. The summed E-state index contributed by atoms with van der Waals surface area (Å²) in [6.45, 7) is 0. The van der Waals surface area contributed by atoms with Crippen molar-refractivity contribution in [3.8, 4) is 5.69 Å². The summed E-state index contributed by atoms with van der Waals surface area (Å²) in [6, 6.07) is 17.5. The maximum Gasteiger partial charge on any atom is 0.234 e. The molecule has 0 aliphatic heterocycles. The van der Waals surface area contributed by atoms with Crippen molar-refractivity contribution in [1.29, 1.82) is 0 Å². The number of nitrogens with zero attached hydrogens (tertiary/aromatic N) is 3. The molecular formula is C20H15BrN4OS. The average molecular weight is 439 g/mol. The third kappa shape index (κ3) is 4.04. The zero-order chi connectivity index (χ0) is 18.6. The Bertz CT molecular complexity index is 1090. The summed E-state index contributed by atoms with van der Waals surface area (Å²) in [5.41, 5.74) is 2.62. The number of rotatable bonds is 5. The van der Waals surface area contributed by atoms with Gasteiger partial charge in [-0.3, -0.25) is 14.3 Å². The van der Waals surface area contributed by atoms with Crippen LogP contribution in [0.4, 0.5) is 5.69 Å². The monoisotopic (exact) mass is 438 g/mol. The molecule has 0 aliphatic carbocycles. The van der Waals surface area contributed by atoms with Gasteiger partial charge in [0.2, 0.25) is 5.91 Å². The molecule has 0 saturated carbocycles. The smallest absolute Gasteiger partial charge is 0.234 e. The number of aromatic nitrogens is 3. The molecule has 0 bridgehead atoms. The van der Waals surface area contributed by atoms with Crippen LogP contribution in [-0.2, 0) is 4.79 Å². The fraction of sp³-hybridized carbons (Fsp3) is 0.0500. The number of amides is 1. The first-order valence-corrected chi connectivity index (χ1v) is 10.0. The molecule has 5 nitrogen and oxygen atoms in total. The second kappa shape index (κ2) is 7.94. The van der Waals surface area contributed by atoms with Gasteiger partial charge < -0.3 is 5.32 Å². The number of hydrogen-bond donors (Lipinski definition) is 1. The van der Waals surface area contributed by atoms with Gasteiger partial charge in [-0.15, -0.1) is 0 Å². The number of halogens is 1. The van der Waals surface area contributed by atoms with Gasteiger partial charge >= 0.3 is 0 Å². The number of carbonyl (C=O) groups is 1. The van der Waals surface area contributed by atoms with Crippen LogP contribution >= 0.6 is 27.7 Å². The topological polar surface area (TPSA) is 59.8 Å². The highest BCUT2D eigenvalue weighted by Gasteiger charge is 2.11. The van der Waals surface area contributed by atoms with Gasteiger partial charge in [0.15, 0.2) is 5.16 Å². The van der Waals surface area contributed by atoms with E-state index < -0.39 is 0 Å². The normalized spacial score (nSPS) is 10.9. The number of hydrogen-bond acceptors (Lipinski definition) is 4. The Hall–Kier alpha value is -2.64.